The maximum atomic E-state index is 12.5. The number of aryl methyl sites for hydroxylation is 1. The molecule has 0 unspecified atom stereocenters. The number of ether oxygens (including phenoxy) is 1. The lowest BCUT2D eigenvalue weighted by Gasteiger charge is -2.14. The zero-order chi connectivity index (χ0) is 17.7. The van der Waals surface area contributed by atoms with Gasteiger partial charge in [0.2, 0.25) is 0 Å². The summed E-state index contributed by atoms with van der Waals surface area (Å²) in [4.78, 5) is 12.5. The third-order valence-electron chi connectivity index (χ3n) is 3.33. The van der Waals surface area contributed by atoms with Crippen LogP contribution in [-0.2, 0) is 6.42 Å². The van der Waals surface area contributed by atoms with Crippen LogP contribution in [0.5, 0.6) is 5.75 Å². The van der Waals surface area contributed by atoms with Crippen LogP contribution in [0.2, 0.25) is 0 Å². The molecule has 0 atom stereocenters. The van der Waals surface area contributed by atoms with Crippen LogP contribution >= 0.6 is 44.1 Å². The topological polar surface area (TPSA) is 50.4 Å². The highest BCUT2D eigenvalue weighted by Gasteiger charge is 2.17. The third kappa shape index (κ3) is 4.55. The van der Waals surface area contributed by atoms with Crippen LogP contribution in [0.4, 0.5) is 5.69 Å². The molecule has 2 aromatic carbocycles. The molecule has 126 valence electrons. The molecule has 2 N–H and O–H groups in total. The molecular weight excluding hydrogens is 456 g/mol. The molecule has 1 amide bonds. The van der Waals surface area contributed by atoms with Gasteiger partial charge in [0.15, 0.2) is 5.11 Å². The number of rotatable bonds is 4. The van der Waals surface area contributed by atoms with Gasteiger partial charge in [0.1, 0.15) is 5.75 Å². The third-order valence-corrected chi connectivity index (χ3v) is 4.58. The number of hydrogen-bond acceptors (Lipinski definition) is 3. The molecule has 0 bridgehead atoms. The van der Waals surface area contributed by atoms with Gasteiger partial charge in [-0.25, -0.2) is 0 Å². The predicted molar refractivity (Wildman–Crippen MR) is 108 cm³/mol. The van der Waals surface area contributed by atoms with Crippen LogP contribution in [0.1, 0.15) is 22.8 Å². The largest absolute Gasteiger partial charge is 0.495 e. The first-order chi connectivity index (χ1) is 11.5. The average Bonchev–Trinajstić information content (AvgIpc) is 2.54. The Kier molecular flexibility index (Phi) is 6.77. The van der Waals surface area contributed by atoms with Crippen molar-refractivity contribution in [3.8, 4) is 5.75 Å². The maximum Gasteiger partial charge on any atom is 0.261 e. The summed E-state index contributed by atoms with van der Waals surface area (Å²) in [5.74, 6) is 0.104. The molecule has 0 radical (unpaired) electrons. The van der Waals surface area contributed by atoms with E-state index in [1.807, 2.05) is 30.3 Å². The number of nitrogens with one attached hydrogen (secondary N) is 2. The Balaban J connectivity index is 2.16. The number of thiocarbonyl (C=S) groups is 1. The molecule has 7 heteroatoms. The van der Waals surface area contributed by atoms with Gasteiger partial charge in [-0.1, -0.05) is 41.1 Å². The first-order valence-corrected chi connectivity index (χ1v) is 9.19. The summed E-state index contributed by atoms with van der Waals surface area (Å²) < 4.78 is 6.74. The number of halogens is 2. The molecule has 24 heavy (non-hydrogen) atoms. The first-order valence-electron chi connectivity index (χ1n) is 7.19. The number of carbonyl (C=O) groups is 1. The average molecular weight is 472 g/mol. The minimum Gasteiger partial charge on any atom is -0.495 e. The summed E-state index contributed by atoms with van der Waals surface area (Å²) in [6.45, 7) is 2.06. The Bertz CT molecular complexity index is 781. The Morgan fingerprint density at radius 3 is 2.62 bits per heavy atom. The fourth-order valence-corrected chi connectivity index (χ4v) is 3.80. The monoisotopic (exact) mass is 470 g/mol. The molecule has 0 spiro atoms. The fraction of sp³-hybridized carbons (Fsp3) is 0.176. The van der Waals surface area contributed by atoms with Gasteiger partial charge in [-0.05, 0) is 58.3 Å². The lowest BCUT2D eigenvalue weighted by atomic mass is 10.1. The van der Waals surface area contributed by atoms with Crippen molar-refractivity contribution in [3.05, 3.63) is 56.5 Å². The first kappa shape index (κ1) is 18.9. The van der Waals surface area contributed by atoms with Crippen LogP contribution in [-0.4, -0.2) is 18.1 Å². The predicted octanol–water partition coefficient (Wildman–Crippen LogP) is 4.91. The molecule has 4 nitrogen and oxygen atoms in total. The van der Waals surface area contributed by atoms with Gasteiger partial charge < -0.3 is 10.1 Å². The molecule has 0 heterocycles. The second kappa shape index (κ2) is 8.60. The van der Waals surface area contributed by atoms with Crippen molar-refractivity contribution in [3.63, 3.8) is 0 Å². The van der Waals surface area contributed by atoms with Gasteiger partial charge in [-0.15, -0.1) is 0 Å². The molecule has 0 fully saturated rings. The molecule has 0 saturated carbocycles. The standard InChI is InChI=1S/C17H16Br2N2O2S/c1-3-10-6-4-5-7-14(10)20-17(24)21-16(22)12-8-11(18)9-13(19)15(12)23-2/h4-9H,3H2,1-2H3,(H2,20,21,22,24). The second-order valence-corrected chi connectivity index (χ2v) is 7.07. The number of methoxy groups -OCH3 is 1. The highest BCUT2D eigenvalue weighted by molar-refractivity contribution is 9.11. The van der Waals surface area contributed by atoms with Gasteiger partial charge in [0.05, 0.1) is 17.1 Å². The van der Waals surface area contributed by atoms with Crippen LogP contribution in [0.15, 0.2) is 45.3 Å². The number of amides is 1. The van der Waals surface area contributed by atoms with Crippen molar-refractivity contribution >= 4 is 60.8 Å². The lowest BCUT2D eigenvalue weighted by molar-refractivity contribution is 0.0974. The van der Waals surface area contributed by atoms with Crippen molar-refractivity contribution in [2.45, 2.75) is 13.3 Å². The lowest BCUT2D eigenvalue weighted by Crippen LogP contribution is -2.34. The van der Waals surface area contributed by atoms with Crippen molar-refractivity contribution < 1.29 is 9.53 Å². The molecule has 0 aliphatic carbocycles. The van der Waals surface area contributed by atoms with Crippen LogP contribution in [0.25, 0.3) is 0 Å². The van der Waals surface area contributed by atoms with E-state index in [4.69, 9.17) is 17.0 Å². The quantitative estimate of drug-likeness (QED) is 0.622. The van der Waals surface area contributed by atoms with Crippen LogP contribution in [0.3, 0.4) is 0 Å². The van der Waals surface area contributed by atoms with E-state index < -0.39 is 0 Å². The highest BCUT2D eigenvalue weighted by Crippen LogP contribution is 2.32. The number of anilines is 1. The molecule has 0 aromatic heterocycles. The van der Waals surface area contributed by atoms with E-state index in [0.29, 0.717) is 15.8 Å². The molecule has 0 aliphatic rings. The van der Waals surface area contributed by atoms with Crippen molar-refractivity contribution in [2.24, 2.45) is 0 Å². The van der Waals surface area contributed by atoms with Crippen molar-refractivity contribution in [1.82, 2.24) is 5.32 Å². The number of hydrogen-bond donors (Lipinski definition) is 2. The van der Waals surface area contributed by atoms with E-state index in [1.54, 1.807) is 6.07 Å². The van der Waals surface area contributed by atoms with Crippen LogP contribution in [0, 0.1) is 0 Å². The molecule has 0 aliphatic heterocycles. The molecule has 2 rings (SSSR count). The number of para-hydroxylation sites is 1. The highest BCUT2D eigenvalue weighted by atomic mass is 79.9. The van der Waals surface area contributed by atoms with Crippen molar-refractivity contribution in [1.29, 1.82) is 0 Å². The van der Waals surface area contributed by atoms with E-state index in [9.17, 15) is 4.79 Å². The van der Waals surface area contributed by atoms with Gasteiger partial charge in [0.25, 0.3) is 5.91 Å². The summed E-state index contributed by atoms with van der Waals surface area (Å²) in [7, 11) is 1.51. The fourth-order valence-electron chi connectivity index (χ4n) is 2.21. The molecule has 0 saturated heterocycles. The van der Waals surface area contributed by atoms with Gasteiger partial charge in [0, 0.05) is 10.2 Å². The van der Waals surface area contributed by atoms with Gasteiger partial charge in [-0.2, -0.15) is 0 Å². The van der Waals surface area contributed by atoms with Gasteiger partial charge >= 0.3 is 0 Å². The SMILES string of the molecule is CCc1ccccc1NC(=S)NC(=O)c1cc(Br)cc(Br)c1OC. The minimum absolute atomic E-state index is 0.235. The van der Waals surface area contributed by atoms with E-state index in [0.717, 1.165) is 22.1 Å². The zero-order valence-electron chi connectivity index (χ0n) is 13.2. The Morgan fingerprint density at radius 2 is 1.96 bits per heavy atom. The zero-order valence-corrected chi connectivity index (χ0v) is 17.1. The van der Waals surface area contributed by atoms with E-state index in [1.165, 1.54) is 7.11 Å². The normalized spacial score (nSPS) is 10.2. The summed E-state index contributed by atoms with van der Waals surface area (Å²) >= 11 is 12.0. The maximum absolute atomic E-state index is 12.5. The van der Waals surface area contributed by atoms with Gasteiger partial charge in [-0.3, -0.25) is 10.1 Å². The summed E-state index contributed by atoms with van der Waals surface area (Å²) in [6, 6.07) is 11.3. The van der Waals surface area contributed by atoms with E-state index in [2.05, 4.69) is 49.4 Å². The Morgan fingerprint density at radius 1 is 1.25 bits per heavy atom. The second-order valence-electron chi connectivity index (χ2n) is 4.89. The Labute approximate surface area is 163 Å². The number of carbonyl (C=O) groups excluding carboxylic acids is 1. The van der Waals surface area contributed by atoms with Crippen molar-refractivity contribution in [2.75, 3.05) is 12.4 Å². The summed E-state index contributed by atoms with van der Waals surface area (Å²) in [5, 5.41) is 5.98. The number of benzene rings is 2. The molecular formula is C17H16Br2N2O2S. The summed E-state index contributed by atoms with van der Waals surface area (Å²) in [6.07, 6.45) is 0.867. The van der Waals surface area contributed by atoms with E-state index in [-0.39, 0.29) is 11.0 Å². The smallest absolute Gasteiger partial charge is 0.261 e. The van der Waals surface area contributed by atoms with E-state index >= 15 is 0 Å². The molecule has 2 aromatic rings. The minimum atomic E-state index is -0.347. The summed E-state index contributed by atoms with van der Waals surface area (Å²) in [5.41, 5.74) is 2.39. The van der Waals surface area contributed by atoms with Crippen LogP contribution < -0.4 is 15.4 Å². The Hall–Kier alpha value is -1.44.